The quantitative estimate of drug-likeness (QED) is 0.843. The lowest BCUT2D eigenvalue weighted by molar-refractivity contribution is 0.0699. The van der Waals surface area contributed by atoms with Crippen LogP contribution in [0.4, 0.5) is 0 Å². The third kappa shape index (κ3) is 2.36. The molecule has 2 atom stereocenters. The zero-order valence-corrected chi connectivity index (χ0v) is 11.4. The van der Waals surface area contributed by atoms with Crippen molar-refractivity contribution in [2.75, 3.05) is 13.1 Å². The summed E-state index contributed by atoms with van der Waals surface area (Å²) >= 11 is 0. The van der Waals surface area contributed by atoms with E-state index < -0.39 is 0 Å². The number of carbonyl (C=O) groups excluding carboxylic acids is 1. The topological polar surface area (TPSA) is 73.9 Å². The van der Waals surface area contributed by atoms with Crippen molar-refractivity contribution in [1.82, 2.24) is 25.4 Å². The molecule has 3 heterocycles. The molecule has 6 nitrogen and oxygen atoms in total. The van der Waals surface area contributed by atoms with Crippen molar-refractivity contribution in [2.24, 2.45) is 0 Å². The lowest BCUT2D eigenvalue weighted by atomic mass is 10.0. The molecule has 2 aliphatic heterocycles. The third-order valence-corrected chi connectivity index (χ3v) is 4.18. The number of nitrogens with one attached hydrogen (secondary N) is 2. The number of hydrogen-bond donors (Lipinski definition) is 2. The summed E-state index contributed by atoms with van der Waals surface area (Å²) in [5.74, 6) is 1.08. The van der Waals surface area contributed by atoms with Crippen molar-refractivity contribution in [3.05, 3.63) is 11.6 Å². The predicted octanol–water partition coefficient (Wildman–Crippen LogP) is 0.724. The monoisotopic (exact) mass is 263 g/mol. The maximum Gasteiger partial charge on any atom is 0.293 e. The number of amides is 1. The molecule has 1 aromatic heterocycles. The van der Waals surface area contributed by atoms with Crippen LogP contribution in [0.1, 0.15) is 49.1 Å². The van der Waals surface area contributed by atoms with Crippen molar-refractivity contribution in [3.63, 3.8) is 0 Å². The SMILES string of the molecule is CCc1nc(C(=O)N2CCCC2C2CCCN2)n[nH]1. The number of aryl methyl sites for hydroxylation is 1. The van der Waals surface area contributed by atoms with Gasteiger partial charge in [-0.15, -0.1) is 5.10 Å². The highest BCUT2D eigenvalue weighted by molar-refractivity contribution is 5.90. The number of carbonyl (C=O) groups is 1. The Balaban J connectivity index is 1.74. The third-order valence-electron chi connectivity index (χ3n) is 4.18. The Morgan fingerprint density at radius 3 is 3.00 bits per heavy atom. The number of likely N-dealkylation sites (tertiary alicyclic amines) is 1. The number of nitrogens with zero attached hydrogens (tertiary/aromatic N) is 3. The molecular weight excluding hydrogens is 242 g/mol. The molecule has 19 heavy (non-hydrogen) atoms. The molecule has 2 unspecified atom stereocenters. The maximum absolute atomic E-state index is 12.5. The van der Waals surface area contributed by atoms with E-state index in [-0.39, 0.29) is 5.91 Å². The first-order valence-electron chi connectivity index (χ1n) is 7.25. The van der Waals surface area contributed by atoms with Gasteiger partial charge in [-0.05, 0) is 32.2 Å². The van der Waals surface area contributed by atoms with Crippen LogP contribution in [-0.4, -0.2) is 51.2 Å². The zero-order chi connectivity index (χ0) is 13.2. The molecule has 2 N–H and O–H groups in total. The molecule has 0 saturated carbocycles. The van der Waals surface area contributed by atoms with Crippen LogP contribution in [0.2, 0.25) is 0 Å². The molecule has 3 rings (SSSR count). The van der Waals surface area contributed by atoms with Crippen molar-refractivity contribution in [1.29, 1.82) is 0 Å². The fraction of sp³-hybridized carbons (Fsp3) is 0.769. The summed E-state index contributed by atoms with van der Waals surface area (Å²) in [6.07, 6.45) is 5.33. The molecule has 1 aromatic rings. The van der Waals surface area contributed by atoms with Gasteiger partial charge in [0.2, 0.25) is 5.82 Å². The maximum atomic E-state index is 12.5. The molecule has 0 spiro atoms. The molecule has 0 aromatic carbocycles. The van der Waals surface area contributed by atoms with E-state index in [0.717, 1.165) is 38.2 Å². The van der Waals surface area contributed by atoms with Crippen LogP contribution >= 0.6 is 0 Å². The van der Waals surface area contributed by atoms with E-state index >= 15 is 0 Å². The Morgan fingerprint density at radius 2 is 2.32 bits per heavy atom. The lowest BCUT2D eigenvalue weighted by Gasteiger charge is -2.28. The summed E-state index contributed by atoms with van der Waals surface area (Å²) < 4.78 is 0. The molecule has 2 aliphatic rings. The molecule has 2 fully saturated rings. The minimum Gasteiger partial charge on any atom is -0.331 e. The number of rotatable bonds is 3. The van der Waals surface area contributed by atoms with E-state index in [0.29, 0.717) is 17.9 Å². The second-order valence-electron chi connectivity index (χ2n) is 5.37. The molecule has 2 saturated heterocycles. The van der Waals surface area contributed by atoms with Gasteiger partial charge in [0, 0.05) is 25.0 Å². The predicted molar refractivity (Wildman–Crippen MR) is 70.8 cm³/mol. The van der Waals surface area contributed by atoms with Gasteiger partial charge >= 0.3 is 0 Å². The van der Waals surface area contributed by atoms with Crippen molar-refractivity contribution < 1.29 is 4.79 Å². The fourth-order valence-electron chi connectivity index (χ4n) is 3.18. The molecule has 6 heteroatoms. The van der Waals surface area contributed by atoms with E-state index in [1.165, 1.54) is 12.8 Å². The van der Waals surface area contributed by atoms with Gasteiger partial charge in [-0.1, -0.05) is 6.92 Å². The highest BCUT2D eigenvalue weighted by Gasteiger charge is 2.37. The lowest BCUT2D eigenvalue weighted by Crippen LogP contribution is -2.46. The summed E-state index contributed by atoms with van der Waals surface area (Å²) in [6, 6.07) is 0.773. The Bertz CT molecular complexity index is 452. The van der Waals surface area contributed by atoms with E-state index in [1.807, 2.05) is 11.8 Å². The van der Waals surface area contributed by atoms with E-state index in [9.17, 15) is 4.79 Å². The van der Waals surface area contributed by atoms with Crippen LogP contribution in [0.3, 0.4) is 0 Å². The molecular formula is C13H21N5O. The average molecular weight is 263 g/mol. The van der Waals surface area contributed by atoms with Gasteiger partial charge in [-0.25, -0.2) is 4.98 Å². The molecule has 0 aliphatic carbocycles. The molecule has 104 valence electrons. The normalized spacial score (nSPS) is 27.1. The van der Waals surface area contributed by atoms with Gasteiger partial charge in [0.25, 0.3) is 5.91 Å². The Kier molecular flexibility index (Phi) is 3.50. The van der Waals surface area contributed by atoms with Gasteiger partial charge < -0.3 is 10.2 Å². The second kappa shape index (κ2) is 5.28. The smallest absolute Gasteiger partial charge is 0.293 e. The van der Waals surface area contributed by atoms with E-state index in [1.54, 1.807) is 0 Å². The fourth-order valence-corrected chi connectivity index (χ4v) is 3.18. The van der Waals surface area contributed by atoms with Gasteiger partial charge in [0.05, 0.1) is 0 Å². The first-order chi connectivity index (χ1) is 9.29. The van der Waals surface area contributed by atoms with Crippen molar-refractivity contribution in [2.45, 2.75) is 51.1 Å². The van der Waals surface area contributed by atoms with Gasteiger partial charge in [0.1, 0.15) is 5.82 Å². The van der Waals surface area contributed by atoms with Crippen molar-refractivity contribution in [3.8, 4) is 0 Å². The first-order valence-corrected chi connectivity index (χ1v) is 7.25. The molecule has 0 radical (unpaired) electrons. The summed E-state index contributed by atoms with van der Waals surface area (Å²) in [6.45, 7) is 3.90. The van der Waals surface area contributed by atoms with E-state index in [4.69, 9.17) is 0 Å². The first kappa shape index (κ1) is 12.6. The highest BCUT2D eigenvalue weighted by atomic mass is 16.2. The van der Waals surface area contributed by atoms with Gasteiger partial charge in [0.15, 0.2) is 0 Å². The highest BCUT2D eigenvalue weighted by Crippen LogP contribution is 2.25. The van der Waals surface area contributed by atoms with E-state index in [2.05, 4.69) is 20.5 Å². The van der Waals surface area contributed by atoms with Crippen molar-refractivity contribution >= 4 is 5.91 Å². The average Bonchev–Trinajstić information content (AvgIpc) is 3.16. The second-order valence-corrected chi connectivity index (χ2v) is 5.37. The molecule has 0 bridgehead atoms. The van der Waals surface area contributed by atoms with Crippen LogP contribution in [0.15, 0.2) is 0 Å². The van der Waals surface area contributed by atoms with Crippen LogP contribution in [0, 0.1) is 0 Å². The summed E-state index contributed by atoms with van der Waals surface area (Å²) in [4.78, 5) is 18.7. The Morgan fingerprint density at radius 1 is 1.42 bits per heavy atom. The largest absolute Gasteiger partial charge is 0.331 e. The van der Waals surface area contributed by atoms with Crippen LogP contribution in [-0.2, 0) is 6.42 Å². The van der Waals surface area contributed by atoms with Gasteiger partial charge in [-0.3, -0.25) is 9.89 Å². The van der Waals surface area contributed by atoms with Gasteiger partial charge in [-0.2, -0.15) is 0 Å². The zero-order valence-electron chi connectivity index (χ0n) is 11.4. The Hall–Kier alpha value is -1.43. The van der Waals surface area contributed by atoms with Crippen LogP contribution in [0.25, 0.3) is 0 Å². The standard InChI is InChI=1S/C13H21N5O/c1-2-11-15-12(17-16-11)13(19)18-8-4-6-10(18)9-5-3-7-14-9/h9-10,14H,2-8H2,1H3,(H,15,16,17). The minimum atomic E-state index is -0.0212. The van der Waals surface area contributed by atoms with Crippen LogP contribution < -0.4 is 5.32 Å². The summed E-state index contributed by atoms with van der Waals surface area (Å²) in [5.41, 5.74) is 0. The van der Waals surface area contributed by atoms with Crippen LogP contribution in [0.5, 0.6) is 0 Å². The number of aromatic amines is 1. The summed E-state index contributed by atoms with van der Waals surface area (Å²) in [5, 5.41) is 10.4. The minimum absolute atomic E-state index is 0.0212. The molecule has 1 amide bonds. The number of aromatic nitrogens is 3. The number of hydrogen-bond acceptors (Lipinski definition) is 4. The Labute approximate surface area is 113 Å². The number of H-pyrrole nitrogens is 1. The summed E-state index contributed by atoms with van der Waals surface area (Å²) in [7, 11) is 0.